The number of para-hydroxylation sites is 1. The molecule has 13 nitrogen and oxygen atoms in total. The molecule has 3 aliphatic heterocycles. The fraction of sp³-hybridized carbons (Fsp3) is 0.458. The lowest BCUT2D eigenvalue weighted by atomic mass is 9.92. The van der Waals surface area contributed by atoms with Crippen LogP contribution < -0.4 is 10.7 Å². The lowest BCUT2D eigenvalue weighted by Crippen LogP contribution is -2.65. The molecule has 1 aromatic carbocycles. The summed E-state index contributed by atoms with van der Waals surface area (Å²) >= 11 is 0. The Bertz CT molecular complexity index is 1170. The summed E-state index contributed by atoms with van der Waals surface area (Å²) in [6.07, 6.45) is 0.798. The number of amides is 5. The molecule has 3 heterocycles. The van der Waals surface area contributed by atoms with E-state index >= 15 is 0 Å². The minimum absolute atomic E-state index is 0.0856. The molecule has 2 saturated heterocycles. The van der Waals surface area contributed by atoms with Crippen LogP contribution in [0.4, 0.5) is 10.5 Å². The first-order valence-corrected chi connectivity index (χ1v) is 12.1. The third-order valence-electron chi connectivity index (χ3n) is 6.55. The predicted octanol–water partition coefficient (Wildman–Crippen LogP) is 0.175. The van der Waals surface area contributed by atoms with Crippen molar-refractivity contribution in [2.24, 2.45) is 10.9 Å². The molecule has 0 spiro atoms. The van der Waals surface area contributed by atoms with E-state index in [0.29, 0.717) is 24.8 Å². The number of benzene rings is 1. The van der Waals surface area contributed by atoms with Gasteiger partial charge in [-0.3, -0.25) is 24.6 Å². The average Bonchev–Trinajstić information content (AvgIpc) is 2.99. The summed E-state index contributed by atoms with van der Waals surface area (Å²) in [5.74, 6) is -3.24. The van der Waals surface area contributed by atoms with Crippen LogP contribution in [0, 0.1) is 5.92 Å². The van der Waals surface area contributed by atoms with Crippen LogP contribution in [0.25, 0.3) is 0 Å². The molecule has 196 valence electrons. The maximum Gasteiger partial charge on any atom is 0.358 e. The quantitative estimate of drug-likeness (QED) is 0.438. The molecule has 2 fully saturated rings. The van der Waals surface area contributed by atoms with E-state index in [2.05, 4.69) is 15.7 Å². The summed E-state index contributed by atoms with van der Waals surface area (Å²) in [6, 6.07) is 4.21. The highest BCUT2D eigenvalue weighted by Crippen LogP contribution is 2.29. The fourth-order valence-corrected chi connectivity index (χ4v) is 4.73. The number of carbonyl (C=O) groups is 6. The summed E-state index contributed by atoms with van der Waals surface area (Å²) in [5, 5.41) is 14.4. The maximum absolute atomic E-state index is 13.5. The van der Waals surface area contributed by atoms with Gasteiger partial charge in [0.1, 0.15) is 18.0 Å². The Hall–Kier alpha value is -4.29. The number of aldehydes is 1. The minimum Gasteiger partial charge on any atom is -0.481 e. The molecule has 3 atom stereocenters. The number of carboxylic acid groups (broad SMARTS) is 1. The highest BCUT2D eigenvalue weighted by Gasteiger charge is 2.44. The molecule has 13 heteroatoms. The van der Waals surface area contributed by atoms with E-state index in [4.69, 9.17) is 5.11 Å². The molecule has 5 amide bonds. The zero-order valence-electron chi connectivity index (χ0n) is 20.3. The summed E-state index contributed by atoms with van der Waals surface area (Å²) in [7, 11) is 0. The van der Waals surface area contributed by atoms with Crippen LogP contribution in [0.1, 0.15) is 38.2 Å². The zero-order chi connectivity index (χ0) is 26.7. The lowest BCUT2D eigenvalue weighted by Gasteiger charge is -2.43. The van der Waals surface area contributed by atoms with Crippen LogP contribution in [0.2, 0.25) is 0 Å². The van der Waals surface area contributed by atoms with E-state index in [1.165, 1.54) is 5.01 Å². The van der Waals surface area contributed by atoms with E-state index < -0.39 is 48.2 Å². The van der Waals surface area contributed by atoms with Crippen LogP contribution in [0.5, 0.6) is 0 Å². The number of hydrazine groups is 2. The van der Waals surface area contributed by atoms with Gasteiger partial charge in [-0.25, -0.2) is 24.8 Å². The molecule has 0 radical (unpaired) electrons. The molecular weight excluding hydrogens is 484 g/mol. The van der Waals surface area contributed by atoms with Crippen molar-refractivity contribution in [3.05, 3.63) is 29.8 Å². The normalized spacial score (nSPS) is 22.2. The van der Waals surface area contributed by atoms with Crippen molar-refractivity contribution in [1.29, 1.82) is 0 Å². The van der Waals surface area contributed by atoms with Crippen molar-refractivity contribution in [2.45, 2.75) is 51.1 Å². The number of aliphatic imine (C=N–C) groups is 1. The Kier molecular flexibility index (Phi) is 7.50. The Morgan fingerprint density at radius 1 is 1.22 bits per heavy atom. The SMILES string of the molecule is CC1Cc2ccccc2N=C1C(=O)NN1CCC(=O)N2CCCC(C(=O)N[C@H](C=O)CC(=O)O)N2C1=O. The largest absolute Gasteiger partial charge is 0.481 e. The number of aliphatic carboxylic acids is 1. The third-order valence-corrected chi connectivity index (χ3v) is 6.55. The lowest BCUT2D eigenvalue weighted by molar-refractivity contribution is -0.155. The van der Waals surface area contributed by atoms with Crippen LogP contribution in [-0.2, 0) is 30.4 Å². The van der Waals surface area contributed by atoms with Crippen LogP contribution in [0.15, 0.2) is 29.3 Å². The third kappa shape index (κ3) is 5.44. The van der Waals surface area contributed by atoms with Gasteiger partial charge in [0.2, 0.25) is 11.8 Å². The number of carbonyl (C=O) groups excluding carboxylic acids is 5. The average molecular weight is 513 g/mol. The van der Waals surface area contributed by atoms with E-state index in [0.717, 1.165) is 15.6 Å². The van der Waals surface area contributed by atoms with Gasteiger partial charge in [-0.2, -0.15) is 0 Å². The first-order chi connectivity index (χ1) is 17.7. The second kappa shape index (κ2) is 10.8. The van der Waals surface area contributed by atoms with E-state index in [1.807, 2.05) is 25.1 Å². The van der Waals surface area contributed by atoms with Gasteiger partial charge in [-0.15, -0.1) is 0 Å². The van der Waals surface area contributed by atoms with Gasteiger partial charge in [-0.05, 0) is 30.9 Å². The first kappa shape index (κ1) is 25.8. The van der Waals surface area contributed by atoms with Crippen LogP contribution in [0.3, 0.4) is 0 Å². The summed E-state index contributed by atoms with van der Waals surface area (Å²) < 4.78 is 0. The molecule has 0 aliphatic carbocycles. The molecule has 0 bridgehead atoms. The Morgan fingerprint density at radius 3 is 2.70 bits per heavy atom. The monoisotopic (exact) mass is 512 g/mol. The molecule has 0 saturated carbocycles. The molecule has 3 N–H and O–H groups in total. The predicted molar refractivity (Wildman–Crippen MR) is 128 cm³/mol. The zero-order valence-corrected chi connectivity index (χ0v) is 20.3. The van der Waals surface area contributed by atoms with E-state index in [9.17, 15) is 28.8 Å². The van der Waals surface area contributed by atoms with Gasteiger partial charge in [0, 0.05) is 18.9 Å². The summed E-state index contributed by atoms with van der Waals surface area (Å²) in [4.78, 5) is 79.2. The number of fused-ring (bicyclic) bond motifs is 2. The number of nitrogens with one attached hydrogen (secondary N) is 2. The Balaban J connectivity index is 1.54. The molecule has 37 heavy (non-hydrogen) atoms. The number of nitrogens with zero attached hydrogens (tertiary/aromatic N) is 4. The fourth-order valence-electron chi connectivity index (χ4n) is 4.73. The van der Waals surface area contributed by atoms with Crippen LogP contribution >= 0.6 is 0 Å². The summed E-state index contributed by atoms with van der Waals surface area (Å²) in [5.41, 5.74) is 4.49. The molecule has 3 aliphatic rings. The Labute approximate surface area is 212 Å². The molecule has 0 aromatic heterocycles. The molecule has 2 unspecified atom stereocenters. The van der Waals surface area contributed by atoms with Crippen molar-refractivity contribution in [3.63, 3.8) is 0 Å². The highest BCUT2D eigenvalue weighted by atomic mass is 16.4. The van der Waals surface area contributed by atoms with Gasteiger partial charge in [0.05, 0.1) is 24.7 Å². The standard InChI is InChI=1S/C24H28N6O7/c1-14-11-15-5-2-3-6-17(15)26-21(14)23(36)27-28-10-8-19(32)29-9-4-7-18(30(29)24(28)37)22(35)25-16(13-31)12-20(33)34/h2-3,5-6,13-14,16,18H,4,7-12H2,1H3,(H,25,35)(H,27,36)(H,33,34)/t14?,16-,18?/m0/s1. The van der Waals surface area contributed by atoms with Gasteiger partial charge in [0.15, 0.2) is 0 Å². The van der Waals surface area contributed by atoms with Crippen molar-refractivity contribution in [2.75, 3.05) is 13.1 Å². The van der Waals surface area contributed by atoms with Crippen LogP contribution in [-0.4, -0.2) is 87.0 Å². The van der Waals surface area contributed by atoms with E-state index in [1.54, 1.807) is 6.07 Å². The second-order valence-electron chi connectivity index (χ2n) is 9.22. The smallest absolute Gasteiger partial charge is 0.358 e. The highest BCUT2D eigenvalue weighted by molar-refractivity contribution is 6.40. The number of carboxylic acids is 1. The van der Waals surface area contributed by atoms with Crippen molar-refractivity contribution >= 4 is 47.4 Å². The van der Waals surface area contributed by atoms with Crippen molar-refractivity contribution in [3.8, 4) is 0 Å². The number of urea groups is 1. The summed E-state index contributed by atoms with van der Waals surface area (Å²) in [6.45, 7) is 1.94. The second-order valence-corrected chi connectivity index (χ2v) is 9.22. The molecule has 1 aromatic rings. The van der Waals surface area contributed by atoms with Gasteiger partial charge in [0.25, 0.3) is 5.91 Å². The maximum atomic E-state index is 13.5. The molecule has 4 rings (SSSR count). The Morgan fingerprint density at radius 2 is 1.97 bits per heavy atom. The van der Waals surface area contributed by atoms with Gasteiger partial charge >= 0.3 is 12.0 Å². The van der Waals surface area contributed by atoms with Gasteiger partial charge < -0.3 is 15.2 Å². The number of hydrogen-bond donors (Lipinski definition) is 3. The van der Waals surface area contributed by atoms with Crippen molar-refractivity contribution < 1.29 is 33.9 Å². The minimum atomic E-state index is -1.29. The number of rotatable bonds is 7. The van der Waals surface area contributed by atoms with E-state index in [-0.39, 0.29) is 37.6 Å². The molecular formula is C24H28N6O7. The van der Waals surface area contributed by atoms with Crippen molar-refractivity contribution in [1.82, 2.24) is 25.8 Å². The van der Waals surface area contributed by atoms with Gasteiger partial charge in [-0.1, -0.05) is 25.1 Å². The topological polar surface area (TPSA) is 169 Å². The number of hydrogen-bond acceptors (Lipinski definition) is 7. The first-order valence-electron chi connectivity index (χ1n) is 12.1.